The number of rotatable bonds is 6. The highest BCUT2D eigenvalue weighted by atomic mass is 32.1. The van der Waals surface area contributed by atoms with Crippen molar-refractivity contribution in [3.8, 4) is 17.1 Å². The van der Waals surface area contributed by atoms with Crippen molar-refractivity contribution < 1.29 is 0 Å². The van der Waals surface area contributed by atoms with Gasteiger partial charge in [-0.1, -0.05) is 42.0 Å². The fourth-order valence-corrected chi connectivity index (χ4v) is 3.33. The molecule has 0 fully saturated rings. The fourth-order valence-electron chi connectivity index (χ4n) is 3.14. The zero-order valence-corrected chi connectivity index (χ0v) is 17.5. The molecule has 0 bridgehead atoms. The maximum Gasteiger partial charge on any atom is 0.217 e. The number of nitrogens with zero attached hydrogens (tertiary/aromatic N) is 6. The molecule has 0 amide bonds. The second-order valence-electron chi connectivity index (χ2n) is 7.15. The molecule has 8 heteroatoms. The molecule has 4 aromatic rings. The van der Waals surface area contributed by atoms with Gasteiger partial charge >= 0.3 is 0 Å². The van der Waals surface area contributed by atoms with Gasteiger partial charge in [0.2, 0.25) is 4.77 Å². The summed E-state index contributed by atoms with van der Waals surface area (Å²) in [6.45, 7) is 4.86. The van der Waals surface area contributed by atoms with Crippen LogP contribution in [0.4, 0.5) is 0 Å². The lowest BCUT2D eigenvalue weighted by atomic mass is 10.1. The molecule has 29 heavy (non-hydrogen) atoms. The molecule has 148 valence electrons. The predicted octanol–water partition coefficient (Wildman–Crippen LogP) is 4.15. The minimum atomic E-state index is 0.202. The van der Waals surface area contributed by atoms with E-state index < -0.39 is 0 Å². The summed E-state index contributed by atoms with van der Waals surface area (Å²) >= 11 is 5.46. The molecule has 7 nitrogen and oxygen atoms in total. The van der Waals surface area contributed by atoms with Gasteiger partial charge in [0.05, 0.1) is 12.4 Å². The predicted molar refractivity (Wildman–Crippen MR) is 115 cm³/mol. The summed E-state index contributed by atoms with van der Waals surface area (Å²) in [4.78, 5) is 10.7. The molecule has 0 saturated heterocycles. The zero-order valence-electron chi connectivity index (χ0n) is 16.6. The highest BCUT2D eigenvalue weighted by Crippen LogP contribution is 2.21. The van der Waals surface area contributed by atoms with E-state index in [4.69, 9.17) is 12.2 Å². The van der Waals surface area contributed by atoms with E-state index in [0.717, 1.165) is 17.1 Å². The molecule has 4 rings (SSSR count). The van der Waals surface area contributed by atoms with Crippen molar-refractivity contribution in [2.75, 3.05) is 7.05 Å². The topological polar surface area (TPSA) is 67.6 Å². The summed E-state index contributed by atoms with van der Waals surface area (Å²) in [6, 6.07) is 16.8. The number of hydrogen-bond donors (Lipinski definition) is 1. The first-order chi connectivity index (χ1) is 14.0. The van der Waals surface area contributed by atoms with E-state index in [1.54, 1.807) is 11.0 Å². The molecule has 0 aliphatic carbocycles. The van der Waals surface area contributed by atoms with Gasteiger partial charge < -0.3 is 0 Å². The molecule has 0 aliphatic heterocycles. The van der Waals surface area contributed by atoms with Gasteiger partial charge in [0.25, 0.3) is 0 Å². The van der Waals surface area contributed by atoms with Crippen LogP contribution in [0.5, 0.6) is 0 Å². The standard InChI is InChI=1S/C21H23N7S/c1-15-4-6-18(7-5-15)20-24-21(29)28(25-20)14-26(3)16(2)17-8-10-19(11-9-17)27-13-22-12-23-27/h4-13,16H,14H2,1-3H3,(H,24,25,29)/t16-/m0/s1. The number of hydrogen-bond acceptors (Lipinski definition) is 5. The number of nitrogens with one attached hydrogen (secondary N) is 1. The molecule has 2 aromatic heterocycles. The van der Waals surface area contributed by atoms with Gasteiger partial charge in [-0.05, 0) is 50.8 Å². The Morgan fingerprint density at radius 1 is 1.10 bits per heavy atom. The van der Waals surface area contributed by atoms with Crippen LogP contribution in [-0.4, -0.2) is 41.5 Å². The quantitative estimate of drug-likeness (QED) is 0.488. The monoisotopic (exact) mass is 405 g/mol. The molecule has 0 aliphatic rings. The third kappa shape index (κ3) is 4.18. The van der Waals surface area contributed by atoms with Gasteiger partial charge in [-0.2, -0.15) is 10.1 Å². The summed E-state index contributed by atoms with van der Waals surface area (Å²) in [7, 11) is 2.07. The van der Waals surface area contributed by atoms with E-state index in [2.05, 4.69) is 82.4 Å². The van der Waals surface area contributed by atoms with Crippen molar-refractivity contribution in [3.05, 3.63) is 77.1 Å². The Bertz CT molecular complexity index is 1130. The Balaban J connectivity index is 1.48. The second-order valence-corrected chi connectivity index (χ2v) is 7.52. The van der Waals surface area contributed by atoms with Crippen LogP contribution in [0.2, 0.25) is 0 Å². The molecule has 1 N–H and O–H groups in total. The lowest BCUT2D eigenvalue weighted by Gasteiger charge is -2.25. The first kappa shape index (κ1) is 19.2. The minimum absolute atomic E-state index is 0.202. The third-order valence-electron chi connectivity index (χ3n) is 5.09. The first-order valence-electron chi connectivity index (χ1n) is 9.40. The Morgan fingerprint density at radius 3 is 2.48 bits per heavy atom. The highest BCUT2D eigenvalue weighted by Gasteiger charge is 2.14. The normalized spacial score (nSPS) is 12.4. The van der Waals surface area contributed by atoms with Crippen molar-refractivity contribution in [1.29, 1.82) is 0 Å². The van der Waals surface area contributed by atoms with Crippen LogP contribution in [-0.2, 0) is 6.67 Å². The number of H-pyrrole nitrogens is 1. The van der Waals surface area contributed by atoms with Crippen LogP contribution in [0.1, 0.15) is 24.1 Å². The Hall–Kier alpha value is -3.10. The number of aromatic nitrogens is 6. The smallest absolute Gasteiger partial charge is 0.217 e. The zero-order chi connectivity index (χ0) is 20.4. The van der Waals surface area contributed by atoms with Crippen molar-refractivity contribution >= 4 is 12.2 Å². The van der Waals surface area contributed by atoms with Crippen LogP contribution in [0.25, 0.3) is 17.1 Å². The van der Waals surface area contributed by atoms with Crippen LogP contribution in [0.15, 0.2) is 61.2 Å². The van der Waals surface area contributed by atoms with E-state index >= 15 is 0 Å². The maximum atomic E-state index is 5.46. The lowest BCUT2D eigenvalue weighted by Crippen LogP contribution is -2.26. The molecule has 0 saturated carbocycles. The molecular formula is C21H23N7S. The van der Waals surface area contributed by atoms with E-state index in [1.165, 1.54) is 17.5 Å². The fraction of sp³-hybridized carbons (Fsp3) is 0.238. The van der Waals surface area contributed by atoms with Crippen LogP contribution >= 0.6 is 12.2 Å². The van der Waals surface area contributed by atoms with Gasteiger partial charge in [0.1, 0.15) is 12.7 Å². The second kappa shape index (κ2) is 8.10. The Labute approximate surface area is 174 Å². The van der Waals surface area contributed by atoms with E-state index in [-0.39, 0.29) is 6.04 Å². The summed E-state index contributed by atoms with van der Waals surface area (Å²) in [5.74, 6) is 0.785. The van der Waals surface area contributed by atoms with Crippen molar-refractivity contribution in [2.45, 2.75) is 26.6 Å². The number of aromatic amines is 1. The molecule has 2 heterocycles. The largest absolute Gasteiger partial charge is 0.281 e. The van der Waals surface area contributed by atoms with Crippen molar-refractivity contribution in [1.82, 2.24) is 34.4 Å². The SMILES string of the molecule is Cc1ccc(-c2nc(=S)n(CN(C)[C@@H](C)c3ccc(-n4cncn4)cc3)[nH]2)cc1. The molecule has 2 aromatic carbocycles. The average Bonchev–Trinajstić information content (AvgIpc) is 3.39. The van der Waals surface area contributed by atoms with E-state index in [9.17, 15) is 0 Å². The summed E-state index contributed by atoms with van der Waals surface area (Å²) in [6.07, 6.45) is 3.22. The Kier molecular flexibility index (Phi) is 5.37. The molecule has 0 spiro atoms. The van der Waals surface area contributed by atoms with Gasteiger partial charge in [-0.3, -0.25) is 10.00 Å². The van der Waals surface area contributed by atoms with Crippen molar-refractivity contribution in [2.24, 2.45) is 0 Å². The van der Waals surface area contributed by atoms with Crippen molar-refractivity contribution in [3.63, 3.8) is 0 Å². The van der Waals surface area contributed by atoms with Crippen LogP contribution < -0.4 is 0 Å². The highest BCUT2D eigenvalue weighted by molar-refractivity contribution is 7.71. The third-order valence-corrected chi connectivity index (χ3v) is 5.40. The number of benzene rings is 2. The van der Waals surface area contributed by atoms with Gasteiger partial charge in [0, 0.05) is 11.6 Å². The van der Waals surface area contributed by atoms with Gasteiger partial charge in [-0.15, -0.1) is 0 Å². The molecular weight excluding hydrogens is 382 g/mol. The molecule has 0 unspecified atom stereocenters. The minimum Gasteiger partial charge on any atom is -0.281 e. The maximum absolute atomic E-state index is 5.46. The van der Waals surface area contributed by atoms with Gasteiger partial charge in [-0.25, -0.2) is 14.3 Å². The lowest BCUT2D eigenvalue weighted by molar-refractivity contribution is 0.195. The van der Waals surface area contributed by atoms with E-state index in [0.29, 0.717) is 11.4 Å². The molecule has 1 atom stereocenters. The first-order valence-corrected chi connectivity index (χ1v) is 9.81. The summed E-state index contributed by atoms with van der Waals surface area (Å²) < 4.78 is 4.18. The number of aryl methyl sites for hydroxylation is 1. The van der Waals surface area contributed by atoms with Crippen LogP contribution in [0.3, 0.4) is 0 Å². The summed E-state index contributed by atoms with van der Waals surface area (Å²) in [5.41, 5.74) is 4.44. The van der Waals surface area contributed by atoms with Crippen LogP contribution in [0, 0.1) is 11.7 Å². The van der Waals surface area contributed by atoms with E-state index in [1.807, 2.05) is 16.8 Å². The summed E-state index contributed by atoms with van der Waals surface area (Å²) in [5, 5.41) is 7.49. The Morgan fingerprint density at radius 2 is 1.83 bits per heavy atom. The van der Waals surface area contributed by atoms with Gasteiger partial charge in [0.15, 0.2) is 5.82 Å². The molecule has 0 radical (unpaired) electrons. The average molecular weight is 406 g/mol.